The third-order valence-electron chi connectivity index (χ3n) is 8.33. The van der Waals surface area contributed by atoms with Crippen LogP contribution in [0.15, 0.2) is 155 Å². The van der Waals surface area contributed by atoms with Crippen LogP contribution in [0.4, 0.5) is 0 Å². The van der Waals surface area contributed by atoms with Gasteiger partial charge in [0.15, 0.2) is 5.82 Å². The second-order valence-electron chi connectivity index (χ2n) is 11.0. The first-order valence-corrected chi connectivity index (χ1v) is 15.5. The maximum Gasteiger partial charge on any atom is 0.160 e. The van der Waals surface area contributed by atoms with Crippen molar-refractivity contribution in [1.82, 2.24) is 9.97 Å². The fourth-order valence-corrected chi connectivity index (χ4v) is 7.34. The van der Waals surface area contributed by atoms with E-state index in [0.29, 0.717) is 5.82 Å². The van der Waals surface area contributed by atoms with Gasteiger partial charge >= 0.3 is 0 Å². The maximum absolute atomic E-state index is 6.33. The Morgan fingerprint density at radius 2 is 1.05 bits per heavy atom. The zero-order valence-corrected chi connectivity index (χ0v) is 24.4. The minimum Gasteiger partial charge on any atom is -0.455 e. The van der Waals surface area contributed by atoms with Crippen LogP contribution >= 0.6 is 11.8 Å². The molecule has 0 saturated heterocycles. The Bertz CT molecular complexity index is 2370. The van der Waals surface area contributed by atoms with Crippen molar-refractivity contribution in [3.63, 3.8) is 0 Å². The van der Waals surface area contributed by atoms with E-state index in [-0.39, 0.29) is 0 Å². The molecule has 0 amide bonds. The fraction of sp³-hybridized carbons (Fsp3) is 0. The van der Waals surface area contributed by atoms with Crippen LogP contribution in [-0.4, -0.2) is 9.97 Å². The summed E-state index contributed by atoms with van der Waals surface area (Å²) in [5, 5.41) is 7.42. The van der Waals surface area contributed by atoms with Crippen LogP contribution in [0, 0.1) is 0 Å². The minimum absolute atomic E-state index is 0.695. The summed E-state index contributed by atoms with van der Waals surface area (Å²) in [6, 6.07) is 50.8. The molecule has 0 unspecified atom stereocenters. The highest BCUT2D eigenvalue weighted by molar-refractivity contribution is 7.99. The van der Waals surface area contributed by atoms with Crippen LogP contribution in [0.3, 0.4) is 0 Å². The highest BCUT2D eigenvalue weighted by atomic mass is 32.2. The molecule has 0 bridgehead atoms. The molecule has 1 aliphatic heterocycles. The molecule has 44 heavy (non-hydrogen) atoms. The normalized spacial score (nSPS) is 12.2. The molecule has 0 radical (unpaired) electrons. The number of nitrogens with zero attached hydrogens (tertiary/aromatic N) is 2. The van der Waals surface area contributed by atoms with Gasteiger partial charge in [-0.2, -0.15) is 0 Å². The van der Waals surface area contributed by atoms with Crippen LogP contribution in [0.25, 0.3) is 66.2 Å². The third-order valence-corrected chi connectivity index (χ3v) is 9.52. The van der Waals surface area contributed by atoms with Gasteiger partial charge in [-0.3, -0.25) is 0 Å². The SMILES string of the molecule is c1ccc(-c2cc(-c3cccc4c3Sc3ccccc3O4)nc(-c3ccc4c5ccccc5c5ccccc5c4c3)n2)cc1. The summed E-state index contributed by atoms with van der Waals surface area (Å²) in [6.07, 6.45) is 0. The molecular formula is C40H24N2OS. The van der Waals surface area contributed by atoms with Crippen LogP contribution in [-0.2, 0) is 0 Å². The van der Waals surface area contributed by atoms with E-state index in [2.05, 4.69) is 109 Å². The molecule has 0 atom stereocenters. The average Bonchev–Trinajstić information content (AvgIpc) is 3.10. The Balaban J connectivity index is 1.27. The van der Waals surface area contributed by atoms with Crippen LogP contribution in [0.5, 0.6) is 11.5 Å². The van der Waals surface area contributed by atoms with E-state index in [9.17, 15) is 0 Å². The number of fused-ring (bicyclic) bond motifs is 8. The molecule has 9 rings (SSSR count). The van der Waals surface area contributed by atoms with Gasteiger partial charge in [-0.05, 0) is 62.6 Å². The van der Waals surface area contributed by atoms with E-state index in [4.69, 9.17) is 14.7 Å². The van der Waals surface area contributed by atoms with Crippen molar-refractivity contribution < 1.29 is 4.74 Å². The summed E-state index contributed by atoms with van der Waals surface area (Å²) in [7, 11) is 0. The van der Waals surface area contributed by atoms with Crippen molar-refractivity contribution in [3.8, 4) is 45.4 Å². The van der Waals surface area contributed by atoms with Crippen LogP contribution < -0.4 is 4.74 Å². The van der Waals surface area contributed by atoms with E-state index in [1.165, 1.54) is 32.3 Å². The van der Waals surface area contributed by atoms with Crippen LogP contribution in [0.2, 0.25) is 0 Å². The Kier molecular flexibility index (Phi) is 5.75. The summed E-state index contributed by atoms with van der Waals surface area (Å²) in [5.74, 6) is 2.42. The second kappa shape index (κ2) is 10.1. The fourth-order valence-electron chi connectivity index (χ4n) is 6.27. The van der Waals surface area contributed by atoms with E-state index < -0.39 is 0 Å². The lowest BCUT2D eigenvalue weighted by Crippen LogP contribution is -2.00. The second-order valence-corrected chi connectivity index (χ2v) is 12.0. The number of rotatable bonds is 3. The van der Waals surface area contributed by atoms with Crippen molar-refractivity contribution in [2.24, 2.45) is 0 Å². The Hall–Kier alpha value is -5.45. The van der Waals surface area contributed by atoms with Gasteiger partial charge in [-0.15, -0.1) is 0 Å². The number of ether oxygens (including phenoxy) is 1. The first kappa shape index (κ1) is 25.1. The van der Waals surface area contributed by atoms with Gasteiger partial charge in [-0.1, -0.05) is 127 Å². The molecule has 3 nitrogen and oxygen atoms in total. The number of hydrogen-bond acceptors (Lipinski definition) is 4. The lowest BCUT2D eigenvalue weighted by Gasteiger charge is -2.22. The van der Waals surface area contributed by atoms with Gasteiger partial charge in [-0.25, -0.2) is 9.97 Å². The first-order chi connectivity index (χ1) is 21.8. The zero-order valence-electron chi connectivity index (χ0n) is 23.6. The topological polar surface area (TPSA) is 35.0 Å². The van der Waals surface area contributed by atoms with E-state index in [1.54, 1.807) is 11.8 Å². The predicted octanol–water partition coefficient (Wildman–Crippen LogP) is 11.2. The van der Waals surface area contributed by atoms with E-state index >= 15 is 0 Å². The summed E-state index contributed by atoms with van der Waals surface area (Å²) >= 11 is 1.73. The smallest absolute Gasteiger partial charge is 0.160 e. The zero-order chi connectivity index (χ0) is 29.0. The molecule has 1 aliphatic rings. The van der Waals surface area contributed by atoms with Gasteiger partial charge in [0.2, 0.25) is 0 Å². The van der Waals surface area contributed by atoms with Crippen LogP contribution in [0.1, 0.15) is 0 Å². The summed E-state index contributed by atoms with van der Waals surface area (Å²) < 4.78 is 6.33. The molecule has 0 saturated carbocycles. The number of benzene rings is 7. The lowest BCUT2D eigenvalue weighted by molar-refractivity contribution is 0.455. The van der Waals surface area contributed by atoms with Gasteiger partial charge in [0.05, 0.1) is 21.2 Å². The van der Waals surface area contributed by atoms with Crippen molar-refractivity contribution in [1.29, 1.82) is 0 Å². The van der Waals surface area contributed by atoms with Gasteiger partial charge < -0.3 is 4.74 Å². The van der Waals surface area contributed by atoms with Crippen molar-refractivity contribution in [3.05, 3.63) is 146 Å². The van der Waals surface area contributed by atoms with Crippen molar-refractivity contribution >= 4 is 44.1 Å². The average molecular weight is 581 g/mol. The Morgan fingerprint density at radius 3 is 1.82 bits per heavy atom. The minimum atomic E-state index is 0.695. The monoisotopic (exact) mass is 580 g/mol. The highest BCUT2D eigenvalue weighted by Gasteiger charge is 2.23. The molecule has 2 heterocycles. The van der Waals surface area contributed by atoms with Gasteiger partial charge in [0, 0.05) is 16.7 Å². The number of aromatic nitrogens is 2. The molecule has 4 heteroatoms. The molecule has 8 aromatic rings. The third kappa shape index (κ3) is 4.07. The first-order valence-electron chi connectivity index (χ1n) is 14.7. The number of para-hydroxylation sites is 1. The maximum atomic E-state index is 6.33. The molecule has 7 aromatic carbocycles. The highest BCUT2D eigenvalue weighted by Crippen LogP contribution is 2.50. The molecule has 0 fully saturated rings. The van der Waals surface area contributed by atoms with Crippen molar-refractivity contribution in [2.45, 2.75) is 9.79 Å². The molecule has 0 spiro atoms. The summed E-state index contributed by atoms with van der Waals surface area (Å²) in [6.45, 7) is 0. The number of hydrogen-bond donors (Lipinski definition) is 0. The van der Waals surface area contributed by atoms with Gasteiger partial charge in [0.1, 0.15) is 11.5 Å². The molecule has 206 valence electrons. The Morgan fingerprint density at radius 1 is 0.432 bits per heavy atom. The van der Waals surface area contributed by atoms with E-state index in [1.807, 2.05) is 36.4 Å². The lowest BCUT2D eigenvalue weighted by atomic mass is 9.93. The summed E-state index contributed by atoms with van der Waals surface area (Å²) in [5.41, 5.74) is 4.81. The quantitative estimate of drug-likeness (QED) is 0.195. The molecule has 1 aromatic heterocycles. The predicted molar refractivity (Wildman–Crippen MR) is 181 cm³/mol. The van der Waals surface area contributed by atoms with Gasteiger partial charge in [0.25, 0.3) is 0 Å². The standard InChI is InChI=1S/C40H24N2OS/c1-2-11-25(12-3-1)34-24-35(32-17-10-19-37-39(32)44-38-20-9-8-18-36(38)43-37)42-40(41-34)26-21-22-31-29-15-5-4-13-27(29)28-14-6-7-16-30(28)33(31)23-26/h1-24H. The summed E-state index contributed by atoms with van der Waals surface area (Å²) in [4.78, 5) is 12.5. The largest absolute Gasteiger partial charge is 0.455 e. The van der Waals surface area contributed by atoms with E-state index in [0.717, 1.165) is 49.4 Å². The molecule has 0 aliphatic carbocycles. The molecule has 0 N–H and O–H groups in total. The molecular weight excluding hydrogens is 557 g/mol. The van der Waals surface area contributed by atoms with Crippen molar-refractivity contribution in [2.75, 3.05) is 0 Å². The Labute approximate surface area is 258 Å².